The van der Waals surface area contributed by atoms with Crippen LogP contribution in [0.5, 0.6) is 5.75 Å². The molecular formula is C60H57N3O. The Hall–Kier alpha value is -7.04. The van der Waals surface area contributed by atoms with Crippen molar-refractivity contribution in [2.75, 3.05) is 0 Å². The fourth-order valence-corrected chi connectivity index (χ4v) is 8.62. The summed E-state index contributed by atoms with van der Waals surface area (Å²) >= 11 is 0. The molecule has 0 spiro atoms. The Morgan fingerprint density at radius 1 is 0.500 bits per heavy atom. The lowest BCUT2D eigenvalue weighted by Gasteiger charge is -2.26. The average Bonchev–Trinajstić information content (AvgIpc) is 3.71. The van der Waals surface area contributed by atoms with Gasteiger partial charge >= 0.3 is 0 Å². The molecule has 1 N–H and O–H groups in total. The minimum atomic E-state index is -2.53. The second-order valence-electron chi connectivity index (χ2n) is 19.1. The number of imidazole rings is 1. The molecule has 0 saturated carbocycles. The second-order valence-corrected chi connectivity index (χ2v) is 19.1. The third kappa shape index (κ3) is 8.17. The van der Waals surface area contributed by atoms with Gasteiger partial charge in [-0.05, 0) is 160 Å². The van der Waals surface area contributed by atoms with E-state index in [2.05, 4.69) is 90.1 Å². The first kappa shape index (κ1) is 35.4. The van der Waals surface area contributed by atoms with Gasteiger partial charge in [-0.3, -0.25) is 9.55 Å². The molecule has 0 amide bonds. The summed E-state index contributed by atoms with van der Waals surface area (Å²) in [4.78, 5) is 10.3. The van der Waals surface area contributed by atoms with E-state index in [-0.39, 0.29) is 27.7 Å². The quantitative estimate of drug-likeness (QED) is 0.174. The van der Waals surface area contributed by atoms with Gasteiger partial charge in [0.15, 0.2) is 0 Å². The topological polar surface area (TPSA) is 50.9 Å². The lowest BCUT2D eigenvalue weighted by atomic mass is 9.79. The molecular weight excluding hydrogens is 779 g/mol. The fourth-order valence-electron chi connectivity index (χ4n) is 8.62. The zero-order valence-electron chi connectivity index (χ0n) is 43.8. The van der Waals surface area contributed by atoms with Gasteiger partial charge in [0.2, 0.25) is 0 Å². The number of para-hydroxylation sites is 1. The first-order valence-corrected chi connectivity index (χ1v) is 21.9. The van der Waals surface area contributed by atoms with Gasteiger partial charge in [-0.15, -0.1) is 0 Å². The highest BCUT2D eigenvalue weighted by molar-refractivity contribution is 5.98. The first-order chi connectivity index (χ1) is 32.9. The van der Waals surface area contributed by atoms with Crippen LogP contribution in [0.2, 0.25) is 0 Å². The van der Waals surface area contributed by atoms with E-state index in [1.54, 1.807) is 24.4 Å². The van der Waals surface area contributed by atoms with Gasteiger partial charge in [-0.1, -0.05) is 144 Å². The summed E-state index contributed by atoms with van der Waals surface area (Å²) in [7, 11) is 0. The summed E-state index contributed by atoms with van der Waals surface area (Å²) in [5, 5.41) is 11.8. The van der Waals surface area contributed by atoms with Crippen molar-refractivity contribution in [3.05, 3.63) is 191 Å². The summed E-state index contributed by atoms with van der Waals surface area (Å²) in [6.07, 6.45) is 1.76. The van der Waals surface area contributed by atoms with Crippen LogP contribution in [0.15, 0.2) is 158 Å². The average molecular weight is 842 g/mol. The van der Waals surface area contributed by atoms with E-state index < -0.39 is 13.7 Å². The summed E-state index contributed by atoms with van der Waals surface area (Å²) in [5.74, 6) is 0.477. The molecule has 4 heteroatoms. The standard InChI is InChI=1S/C60H57N3O/c1-37-19-21-42(22-20-37)44-25-26-61-53(35-44)48-31-45(41-15-12-11-13-16-41)30-47(32-48)51-17-14-18-55-56(51)62-58(52-28-38(2)27-40(4)57(52)64)63(55)54-24-23-43(29-39(54)3)46-33-49(59(5,6)7)36-50(34-46)60(8,9)10/h11-36,64H,1-10H3/i1D3,3D3. The van der Waals surface area contributed by atoms with Crippen molar-refractivity contribution in [2.24, 2.45) is 0 Å². The molecule has 0 aliphatic carbocycles. The number of hydrogen-bond acceptors (Lipinski definition) is 3. The van der Waals surface area contributed by atoms with Gasteiger partial charge < -0.3 is 5.11 Å². The van der Waals surface area contributed by atoms with E-state index in [9.17, 15) is 5.11 Å². The van der Waals surface area contributed by atoms with Crippen molar-refractivity contribution < 1.29 is 13.3 Å². The van der Waals surface area contributed by atoms with Crippen molar-refractivity contribution in [2.45, 2.75) is 79.9 Å². The predicted octanol–water partition coefficient (Wildman–Crippen LogP) is 16.0. The highest BCUT2D eigenvalue weighted by atomic mass is 16.3. The van der Waals surface area contributed by atoms with Crippen molar-refractivity contribution in [1.82, 2.24) is 14.5 Å². The molecule has 9 rings (SSSR count). The van der Waals surface area contributed by atoms with E-state index in [1.165, 1.54) is 11.1 Å². The van der Waals surface area contributed by atoms with Gasteiger partial charge in [-0.25, -0.2) is 4.98 Å². The Kier molecular flexibility index (Phi) is 9.00. The number of rotatable bonds is 7. The summed E-state index contributed by atoms with van der Waals surface area (Å²) in [6.45, 7) is 12.3. The Labute approximate surface area is 387 Å². The van der Waals surface area contributed by atoms with Crippen LogP contribution < -0.4 is 0 Å². The number of benzene rings is 7. The van der Waals surface area contributed by atoms with E-state index in [0.29, 0.717) is 33.7 Å². The SMILES string of the molecule is [2H]C([2H])([2H])c1ccc(-c2ccnc(-c3cc(-c4ccccc4)cc(-c4cccc5c4nc(-c4cc(C)cc(C)c4O)n5-c4ccc(-c5cc(C(C)(C)C)cc(C(C)(C)C)c5)cc4C([2H])([2H])[2H])c3)c2)cc1. The summed E-state index contributed by atoms with van der Waals surface area (Å²) < 4.78 is 52.6. The number of aromatic nitrogens is 3. The maximum absolute atomic E-state index is 11.8. The maximum atomic E-state index is 11.8. The van der Waals surface area contributed by atoms with Gasteiger partial charge in [0.05, 0.1) is 28.0 Å². The normalized spacial score (nSPS) is 13.8. The zero-order valence-corrected chi connectivity index (χ0v) is 37.8. The second kappa shape index (κ2) is 16.3. The third-order valence-electron chi connectivity index (χ3n) is 12.2. The van der Waals surface area contributed by atoms with Crippen LogP contribution in [0.3, 0.4) is 0 Å². The van der Waals surface area contributed by atoms with E-state index in [1.807, 2.05) is 103 Å². The minimum Gasteiger partial charge on any atom is -0.507 e. The monoisotopic (exact) mass is 841 g/mol. The maximum Gasteiger partial charge on any atom is 0.149 e. The number of aryl methyl sites for hydroxylation is 4. The fraction of sp³-hybridized carbons (Fsp3) is 0.200. The number of phenols is 1. The molecule has 0 unspecified atom stereocenters. The Morgan fingerprint density at radius 3 is 1.86 bits per heavy atom. The van der Waals surface area contributed by atoms with Crippen molar-refractivity contribution in [3.8, 4) is 78.6 Å². The number of fused-ring (bicyclic) bond motifs is 1. The predicted molar refractivity (Wildman–Crippen MR) is 269 cm³/mol. The molecule has 0 atom stereocenters. The van der Waals surface area contributed by atoms with E-state index in [4.69, 9.17) is 18.2 Å². The van der Waals surface area contributed by atoms with Crippen LogP contribution in [0, 0.1) is 27.6 Å². The van der Waals surface area contributed by atoms with Crippen LogP contribution >= 0.6 is 0 Å². The molecule has 0 fully saturated rings. The third-order valence-corrected chi connectivity index (χ3v) is 12.2. The van der Waals surface area contributed by atoms with Crippen LogP contribution in [-0.2, 0) is 10.8 Å². The van der Waals surface area contributed by atoms with Crippen molar-refractivity contribution in [1.29, 1.82) is 0 Å². The largest absolute Gasteiger partial charge is 0.507 e. The highest BCUT2D eigenvalue weighted by Gasteiger charge is 2.24. The Balaban J connectivity index is 1.28. The number of hydrogen-bond donors (Lipinski definition) is 1. The van der Waals surface area contributed by atoms with Gasteiger partial charge in [0.25, 0.3) is 0 Å². The number of nitrogens with zero attached hydrogens (tertiary/aromatic N) is 3. The first-order valence-electron chi connectivity index (χ1n) is 24.9. The zero-order chi connectivity index (χ0) is 50.1. The minimum absolute atomic E-state index is 0.0665. The Bertz CT molecular complexity index is 3410. The lowest BCUT2D eigenvalue weighted by molar-refractivity contribution is 0.472. The summed E-state index contributed by atoms with van der Waals surface area (Å²) in [6, 6.07) is 49.4. The van der Waals surface area contributed by atoms with Crippen LogP contribution in [0.25, 0.3) is 83.9 Å². The van der Waals surface area contributed by atoms with E-state index in [0.717, 1.165) is 61.3 Å². The molecule has 64 heavy (non-hydrogen) atoms. The van der Waals surface area contributed by atoms with Gasteiger partial charge in [0.1, 0.15) is 11.6 Å². The molecule has 318 valence electrons. The van der Waals surface area contributed by atoms with Crippen LogP contribution in [-0.4, -0.2) is 19.6 Å². The lowest BCUT2D eigenvalue weighted by Crippen LogP contribution is -2.16. The molecule has 0 aliphatic rings. The summed E-state index contributed by atoms with van der Waals surface area (Å²) in [5.41, 5.74) is 15.0. The highest BCUT2D eigenvalue weighted by Crippen LogP contribution is 2.42. The van der Waals surface area contributed by atoms with Crippen molar-refractivity contribution >= 4 is 11.0 Å². The molecule has 0 bridgehead atoms. The molecule has 4 nitrogen and oxygen atoms in total. The van der Waals surface area contributed by atoms with Crippen LogP contribution in [0.4, 0.5) is 0 Å². The number of phenolic OH excluding ortho intramolecular Hbond substituents is 1. The Morgan fingerprint density at radius 2 is 1.16 bits per heavy atom. The number of pyridine rings is 1. The van der Waals surface area contributed by atoms with E-state index >= 15 is 0 Å². The van der Waals surface area contributed by atoms with Gasteiger partial charge in [-0.2, -0.15) is 0 Å². The van der Waals surface area contributed by atoms with Crippen LogP contribution in [0.1, 0.15) is 83.1 Å². The smallest absolute Gasteiger partial charge is 0.149 e. The number of aromatic hydroxyl groups is 1. The molecule has 0 saturated heterocycles. The van der Waals surface area contributed by atoms with Crippen molar-refractivity contribution in [3.63, 3.8) is 0 Å². The molecule has 7 aromatic carbocycles. The molecule has 2 aromatic heterocycles. The molecule has 9 aromatic rings. The molecule has 0 aliphatic heterocycles. The molecule has 0 radical (unpaired) electrons. The molecule has 2 heterocycles. The van der Waals surface area contributed by atoms with Gasteiger partial charge in [0, 0.05) is 25.5 Å².